The third-order valence-corrected chi connectivity index (χ3v) is 5.71. The number of benzene rings is 2. The number of aryl methyl sites for hydroxylation is 2. The Balaban J connectivity index is 0.00000300. The van der Waals surface area contributed by atoms with Gasteiger partial charge in [0.2, 0.25) is 0 Å². The standard InChI is InChI=1S/C21H26FN3O2S.HI/c1-23-21(24-12-15-6-7-16-4-3-5-17(16)10-15)25-13-19-11-20(22)9-8-18(19)14-28(2,26)27;/h6-11H,3-5,12-14H2,1-2H3,(H2,23,24,25);1H. The molecule has 1 aliphatic rings. The maximum absolute atomic E-state index is 13.6. The quantitative estimate of drug-likeness (QED) is 0.341. The lowest BCUT2D eigenvalue weighted by Gasteiger charge is -2.15. The van der Waals surface area contributed by atoms with Crippen LogP contribution in [0.3, 0.4) is 0 Å². The SMILES string of the molecule is CN=C(NCc1ccc2c(c1)CCC2)NCc1cc(F)ccc1CS(C)(=O)=O.I. The van der Waals surface area contributed by atoms with Gasteiger partial charge in [0.25, 0.3) is 0 Å². The first-order chi connectivity index (χ1) is 13.3. The number of fused-ring (bicyclic) bond motifs is 1. The van der Waals surface area contributed by atoms with Crippen LogP contribution in [-0.2, 0) is 41.5 Å². The third-order valence-electron chi connectivity index (χ3n) is 4.88. The number of hydrogen-bond acceptors (Lipinski definition) is 3. The monoisotopic (exact) mass is 531 g/mol. The number of nitrogens with one attached hydrogen (secondary N) is 2. The summed E-state index contributed by atoms with van der Waals surface area (Å²) >= 11 is 0. The molecule has 0 saturated carbocycles. The van der Waals surface area contributed by atoms with Crippen LogP contribution in [0.4, 0.5) is 4.39 Å². The van der Waals surface area contributed by atoms with Crippen LogP contribution in [0.25, 0.3) is 0 Å². The molecular formula is C21H27FIN3O2S. The van der Waals surface area contributed by atoms with Gasteiger partial charge in [-0.2, -0.15) is 0 Å². The van der Waals surface area contributed by atoms with Crippen LogP contribution in [0.15, 0.2) is 41.4 Å². The van der Waals surface area contributed by atoms with Gasteiger partial charge in [0.05, 0.1) is 5.75 Å². The molecule has 0 saturated heterocycles. The fourth-order valence-electron chi connectivity index (χ4n) is 3.50. The lowest BCUT2D eigenvalue weighted by molar-refractivity contribution is 0.599. The maximum atomic E-state index is 13.6. The second-order valence-corrected chi connectivity index (χ2v) is 9.36. The smallest absolute Gasteiger partial charge is 0.191 e. The van der Waals surface area contributed by atoms with E-state index in [0.717, 1.165) is 12.8 Å². The average Bonchev–Trinajstić information content (AvgIpc) is 3.10. The Bertz CT molecular complexity index is 993. The highest BCUT2D eigenvalue weighted by atomic mass is 127. The molecule has 1 aliphatic carbocycles. The van der Waals surface area contributed by atoms with Gasteiger partial charge in [-0.3, -0.25) is 4.99 Å². The van der Waals surface area contributed by atoms with Crippen molar-refractivity contribution < 1.29 is 12.8 Å². The molecule has 0 amide bonds. The molecule has 3 rings (SSSR count). The third kappa shape index (κ3) is 6.95. The van der Waals surface area contributed by atoms with Gasteiger partial charge in [-0.1, -0.05) is 24.3 Å². The van der Waals surface area contributed by atoms with Crippen molar-refractivity contribution in [3.63, 3.8) is 0 Å². The molecule has 0 heterocycles. The van der Waals surface area contributed by atoms with Crippen LogP contribution in [-0.4, -0.2) is 27.7 Å². The Kier molecular flexibility index (Phi) is 8.45. The summed E-state index contributed by atoms with van der Waals surface area (Å²) in [6, 6.07) is 10.7. The Labute approximate surface area is 189 Å². The van der Waals surface area contributed by atoms with Crippen LogP contribution in [0, 0.1) is 5.82 Å². The van der Waals surface area contributed by atoms with Gasteiger partial charge >= 0.3 is 0 Å². The Morgan fingerprint density at radius 3 is 2.48 bits per heavy atom. The number of nitrogens with zero attached hydrogens (tertiary/aromatic N) is 1. The van der Waals surface area contributed by atoms with Gasteiger partial charge in [-0.25, -0.2) is 12.8 Å². The molecule has 0 aromatic heterocycles. The van der Waals surface area contributed by atoms with Crippen LogP contribution >= 0.6 is 24.0 Å². The molecular weight excluding hydrogens is 504 g/mol. The number of sulfone groups is 1. The molecule has 0 aliphatic heterocycles. The fourth-order valence-corrected chi connectivity index (χ4v) is 4.35. The first kappa shape index (κ1) is 23.6. The molecule has 8 heteroatoms. The van der Waals surface area contributed by atoms with Crippen molar-refractivity contribution in [2.75, 3.05) is 13.3 Å². The highest BCUT2D eigenvalue weighted by Gasteiger charge is 2.12. The summed E-state index contributed by atoms with van der Waals surface area (Å²) in [5.41, 5.74) is 5.24. The Morgan fingerprint density at radius 1 is 1.03 bits per heavy atom. The predicted octanol–water partition coefficient (Wildman–Crippen LogP) is 3.34. The summed E-state index contributed by atoms with van der Waals surface area (Å²) in [5.74, 6) is 0.0658. The zero-order valence-electron chi connectivity index (χ0n) is 16.7. The summed E-state index contributed by atoms with van der Waals surface area (Å²) in [6.07, 6.45) is 4.69. The zero-order chi connectivity index (χ0) is 20.1. The van der Waals surface area contributed by atoms with Crippen molar-refractivity contribution in [1.29, 1.82) is 0 Å². The van der Waals surface area contributed by atoms with Crippen molar-refractivity contribution in [2.45, 2.75) is 38.1 Å². The maximum Gasteiger partial charge on any atom is 0.191 e. The minimum absolute atomic E-state index is 0. The molecule has 158 valence electrons. The lowest BCUT2D eigenvalue weighted by Crippen LogP contribution is -2.36. The minimum atomic E-state index is -3.20. The Morgan fingerprint density at radius 2 is 1.76 bits per heavy atom. The largest absolute Gasteiger partial charge is 0.352 e. The van der Waals surface area contributed by atoms with Crippen molar-refractivity contribution in [2.24, 2.45) is 4.99 Å². The fraction of sp³-hybridized carbons (Fsp3) is 0.381. The van der Waals surface area contributed by atoms with Gasteiger partial charge in [-0.05, 0) is 59.2 Å². The van der Waals surface area contributed by atoms with Crippen molar-refractivity contribution in [3.05, 3.63) is 70.0 Å². The normalized spacial score (nSPS) is 13.6. The first-order valence-electron chi connectivity index (χ1n) is 9.34. The van der Waals surface area contributed by atoms with Crippen LogP contribution in [0.5, 0.6) is 0 Å². The van der Waals surface area contributed by atoms with E-state index in [0.29, 0.717) is 23.6 Å². The molecule has 0 unspecified atom stereocenters. The van der Waals surface area contributed by atoms with E-state index in [1.807, 2.05) is 0 Å². The molecule has 0 radical (unpaired) electrons. The van der Waals surface area contributed by atoms with E-state index in [1.54, 1.807) is 7.05 Å². The van der Waals surface area contributed by atoms with E-state index in [2.05, 4.69) is 33.8 Å². The van der Waals surface area contributed by atoms with E-state index in [4.69, 9.17) is 0 Å². The number of guanidine groups is 1. The molecule has 2 aromatic carbocycles. The first-order valence-corrected chi connectivity index (χ1v) is 11.4. The number of halogens is 2. The summed E-state index contributed by atoms with van der Waals surface area (Å²) in [4.78, 5) is 4.20. The molecule has 0 bridgehead atoms. The van der Waals surface area contributed by atoms with Gasteiger partial charge in [0.15, 0.2) is 15.8 Å². The molecule has 5 nitrogen and oxygen atoms in total. The van der Waals surface area contributed by atoms with Crippen molar-refractivity contribution in [1.82, 2.24) is 10.6 Å². The Hall–Kier alpha value is -1.68. The summed E-state index contributed by atoms with van der Waals surface area (Å²) in [5, 5.41) is 6.40. The number of rotatable bonds is 6. The minimum Gasteiger partial charge on any atom is -0.352 e. The highest BCUT2D eigenvalue weighted by molar-refractivity contribution is 14.0. The summed E-state index contributed by atoms with van der Waals surface area (Å²) in [7, 11) is -1.54. The van der Waals surface area contributed by atoms with Crippen LogP contribution < -0.4 is 10.6 Å². The molecule has 2 aromatic rings. The second-order valence-electron chi connectivity index (χ2n) is 7.22. The van der Waals surface area contributed by atoms with Crippen molar-refractivity contribution in [3.8, 4) is 0 Å². The van der Waals surface area contributed by atoms with E-state index < -0.39 is 15.7 Å². The predicted molar refractivity (Wildman–Crippen MR) is 126 cm³/mol. The molecule has 2 N–H and O–H groups in total. The molecule has 0 atom stereocenters. The number of hydrogen-bond donors (Lipinski definition) is 2. The van der Waals surface area contributed by atoms with Gasteiger partial charge < -0.3 is 10.6 Å². The van der Waals surface area contributed by atoms with Crippen LogP contribution in [0.2, 0.25) is 0 Å². The lowest BCUT2D eigenvalue weighted by atomic mass is 10.1. The molecule has 29 heavy (non-hydrogen) atoms. The average molecular weight is 531 g/mol. The van der Waals surface area contributed by atoms with E-state index >= 15 is 0 Å². The van der Waals surface area contributed by atoms with Crippen LogP contribution in [0.1, 0.15) is 34.2 Å². The highest BCUT2D eigenvalue weighted by Crippen LogP contribution is 2.22. The van der Waals surface area contributed by atoms with Gasteiger partial charge in [-0.15, -0.1) is 24.0 Å². The van der Waals surface area contributed by atoms with E-state index in [1.165, 1.54) is 47.6 Å². The van der Waals surface area contributed by atoms with E-state index in [-0.39, 0.29) is 36.3 Å². The van der Waals surface area contributed by atoms with E-state index in [9.17, 15) is 12.8 Å². The molecule has 0 fully saturated rings. The zero-order valence-corrected chi connectivity index (χ0v) is 19.8. The topological polar surface area (TPSA) is 70.6 Å². The summed E-state index contributed by atoms with van der Waals surface area (Å²) in [6.45, 7) is 0.915. The second kappa shape index (κ2) is 10.4. The van der Waals surface area contributed by atoms with Crippen molar-refractivity contribution >= 4 is 39.8 Å². The molecule has 0 spiro atoms. The van der Waals surface area contributed by atoms with Gasteiger partial charge in [0.1, 0.15) is 5.82 Å². The van der Waals surface area contributed by atoms with Gasteiger partial charge in [0, 0.05) is 26.4 Å². The summed E-state index contributed by atoms with van der Waals surface area (Å²) < 4.78 is 36.9. The number of aliphatic imine (C=N–C) groups is 1.